The van der Waals surface area contributed by atoms with Crippen molar-refractivity contribution in [2.24, 2.45) is 5.84 Å². The van der Waals surface area contributed by atoms with Crippen LogP contribution in [0.5, 0.6) is 0 Å². The van der Waals surface area contributed by atoms with Gasteiger partial charge in [-0.3, -0.25) is 11.3 Å². The molecule has 0 aliphatic heterocycles. The number of hydrazine groups is 1. The standard InChI is InChI=1S/C4H7F3N2/c1-3(2-9-8)4(5,6)7/h9H,1-2,8H2. The van der Waals surface area contributed by atoms with Crippen molar-refractivity contribution in [3.8, 4) is 0 Å². The molecule has 0 aromatic rings. The Balaban J connectivity index is 3.74. The van der Waals surface area contributed by atoms with Gasteiger partial charge in [0.1, 0.15) is 0 Å². The first-order chi connectivity index (χ1) is 3.98. The Morgan fingerprint density at radius 1 is 1.56 bits per heavy atom. The molecule has 0 atom stereocenters. The molecule has 0 aliphatic carbocycles. The van der Waals surface area contributed by atoms with Gasteiger partial charge >= 0.3 is 6.18 Å². The topological polar surface area (TPSA) is 38.0 Å². The van der Waals surface area contributed by atoms with Gasteiger partial charge in [0.2, 0.25) is 0 Å². The number of halogens is 3. The van der Waals surface area contributed by atoms with Gasteiger partial charge < -0.3 is 0 Å². The van der Waals surface area contributed by atoms with Crippen LogP contribution in [0.25, 0.3) is 0 Å². The van der Waals surface area contributed by atoms with E-state index in [9.17, 15) is 13.2 Å². The van der Waals surface area contributed by atoms with Crippen LogP contribution in [0.1, 0.15) is 0 Å². The molecule has 0 amide bonds. The lowest BCUT2D eigenvalue weighted by atomic mass is 10.3. The van der Waals surface area contributed by atoms with Crippen LogP contribution in [0.2, 0.25) is 0 Å². The largest absolute Gasteiger partial charge is 0.413 e. The lowest BCUT2D eigenvalue weighted by Crippen LogP contribution is -2.29. The van der Waals surface area contributed by atoms with Crippen LogP contribution in [0.4, 0.5) is 13.2 Å². The molecule has 3 N–H and O–H groups in total. The number of hydrogen-bond acceptors (Lipinski definition) is 2. The predicted molar refractivity (Wildman–Crippen MR) is 27.4 cm³/mol. The second-order valence-corrected chi connectivity index (χ2v) is 1.48. The molecule has 0 bridgehead atoms. The SMILES string of the molecule is C=C(CNN)C(F)(F)F. The van der Waals surface area contributed by atoms with Crippen LogP contribution in [0.15, 0.2) is 12.2 Å². The van der Waals surface area contributed by atoms with Crippen molar-refractivity contribution in [2.75, 3.05) is 6.54 Å². The zero-order valence-corrected chi connectivity index (χ0v) is 4.63. The van der Waals surface area contributed by atoms with Gasteiger partial charge in [0.15, 0.2) is 0 Å². The average molecular weight is 140 g/mol. The van der Waals surface area contributed by atoms with Gasteiger partial charge in [-0.25, -0.2) is 0 Å². The summed E-state index contributed by atoms with van der Waals surface area (Å²) in [6, 6.07) is 0. The normalized spacial score (nSPS) is 11.6. The maximum atomic E-state index is 11.4. The maximum absolute atomic E-state index is 11.4. The molecule has 0 saturated carbocycles. The van der Waals surface area contributed by atoms with Crippen LogP contribution >= 0.6 is 0 Å². The summed E-state index contributed by atoms with van der Waals surface area (Å²) in [4.78, 5) is 0. The molecule has 0 aromatic heterocycles. The summed E-state index contributed by atoms with van der Waals surface area (Å²) in [6.07, 6.45) is -4.33. The molecule has 2 nitrogen and oxygen atoms in total. The van der Waals surface area contributed by atoms with Crippen molar-refractivity contribution in [3.05, 3.63) is 12.2 Å². The van der Waals surface area contributed by atoms with E-state index in [1.54, 1.807) is 0 Å². The van der Waals surface area contributed by atoms with Crippen LogP contribution in [0, 0.1) is 0 Å². The fourth-order valence-corrected chi connectivity index (χ4v) is 0.223. The molecular weight excluding hydrogens is 133 g/mol. The third-order valence-electron chi connectivity index (χ3n) is 0.716. The summed E-state index contributed by atoms with van der Waals surface area (Å²) >= 11 is 0. The Labute approximate surface area is 50.5 Å². The van der Waals surface area contributed by atoms with E-state index in [1.165, 1.54) is 0 Å². The Hall–Kier alpha value is -0.550. The molecule has 5 heteroatoms. The third kappa shape index (κ3) is 3.10. The highest BCUT2D eigenvalue weighted by atomic mass is 19.4. The lowest BCUT2D eigenvalue weighted by Gasteiger charge is -2.07. The molecule has 0 radical (unpaired) electrons. The second-order valence-electron chi connectivity index (χ2n) is 1.48. The van der Waals surface area contributed by atoms with Crippen molar-refractivity contribution in [1.82, 2.24) is 5.43 Å². The minimum Gasteiger partial charge on any atom is -0.271 e. The van der Waals surface area contributed by atoms with Crippen LogP contribution in [-0.2, 0) is 0 Å². The van der Waals surface area contributed by atoms with Crippen LogP contribution in [-0.4, -0.2) is 12.7 Å². The molecule has 0 aromatic carbocycles. The molecular formula is C4H7F3N2. The molecule has 0 spiro atoms. The second kappa shape index (κ2) is 2.84. The smallest absolute Gasteiger partial charge is 0.271 e. The van der Waals surface area contributed by atoms with Crippen LogP contribution in [0.3, 0.4) is 0 Å². The highest BCUT2D eigenvalue weighted by Crippen LogP contribution is 2.22. The minimum atomic E-state index is -4.33. The van der Waals surface area contributed by atoms with Crippen molar-refractivity contribution < 1.29 is 13.2 Å². The summed E-state index contributed by atoms with van der Waals surface area (Å²) in [6.45, 7) is 2.32. The van der Waals surface area contributed by atoms with Gasteiger partial charge in [-0.1, -0.05) is 6.58 Å². The van der Waals surface area contributed by atoms with Gasteiger partial charge in [-0.15, -0.1) is 0 Å². The number of alkyl halides is 3. The number of rotatable bonds is 2. The summed E-state index contributed by atoms with van der Waals surface area (Å²) < 4.78 is 34.3. The zero-order valence-electron chi connectivity index (χ0n) is 4.63. The van der Waals surface area contributed by atoms with Crippen molar-refractivity contribution in [1.29, 1.82) is 0 Å². The Morgan fingerprint density at radius 2 is 2.00 bits per heavy atom. The van der Waals surface area contributed by atoms with Crippen LogP contribution < -0.4 is 11.3 Å². The Morgan fingerprint density at radius 3 is 2.11 bits per heavy atom. The molecule has 0 rings (SSSR count). The number of hydrogen-bond donors (Lipinski definition) is 2. The Bertz CT molecular complexity index is 107. The first-order valence-corrected chi connectivity index (χ1v) is 2.17. The minimum absolute atomic E-state index is 0.427. The third-order valence-corrected chi connectivity index (χ3v) is 0.716. The fourth-order valence-electron chi connectivity index (χ4n) is 0.223. The van der Waals surface area contributed by atoms with E-state index in [2.05, 4.69) is 12.4 Å². The maximum Gasteiger partial charge on any atom is 0.413 e. The van der Waals surface area contributed by atoms with Gasteiger partial charge in [0, 0.05) is 12.1 Å². The van der Waals surface area contributed by atoms with Gasteiger partial charge in [0.05, 0.1) is 0 Å². The summed E-state index contributed by atoms with van der Waals surface area (Å²) in [5, 5.41) is 0. The van der Waals surface area contributed by atoms with Gasteiger partial charge in [0.25, 0.3) is 0 Å². The van der Waals surface area contributed by atoms with E-state index in [4.69, 9.17) is 0 Å². The first kappa shape index (κ1) is 8.45. The molecule has 9 heavy (non-hydrogen) atoms. The highest BCUT2D eigenvalue weighted by molar-refractivity contribution is 5.03. The zero-order chi connectivity index (χ0) is 7.49. The van der Waals surface area contributed by atoms with E-state index in [-0.39, 0.29) is 0 Å². The van der Waals surface area contributed by atoms with Crippen molar-refractivity contribution in [2.45, 2.75) is 6.18 Å². The summed E-state index contributed by atoms with van der Waals surface area (Å²) in [5.74, 6) is 4.62. The number of nitrogens with two attached hydrogens (primary N) is 1. The molecule has 0 saturated heterocycles. The van der Waals surface area contributed by atoms with E-state index in [0.29, 0.717) is 0 Å². The highest BCUT2D eigenvalue weighted by Gasteiger charge is 2.30. The van der Waals surface area contributed by atoms with E-state index < -0.39 is 18.3 Å². The predicted octanol–water partition coefficient (Wildman–Crippen LogP) is 0.568. The quantitative estimate of drug-likeness (QED) is 0.334. The summed E-state index contributed by atoms with van der Waals surface area (Å²) in [5.41, 5.74) is 0.984. The Kier molecular flexibility index (Phi) is 2.66. The van der Waals surface area contributed by atoms with Crippen molar-refractivity contribution >= 4 is 0 Å². The molecule has 0 heterocycles. The lowest BCUT2D eigenvalue weighted by molar-refractivity contribution is -0.0925. The molecule has 0 unspecified atom stereocenters. The average Bonchev–Trinajstić information content (AvgIpc) is 1.64. The van der Waals surface area contributed by atoms with Crippen molar-refractivity contribution in [3.63, 3.8) is 0 Å². The van der Waals surface area contributed by atoms with E-state index in [0.717, 1.165) is 0 Å². The summed E-state index contributed by atoms with van der Waals surface area (Å²) in [7, 11) is 0. The van der Waals surface area contributed by atoms with Gasteiger partial charge in [-0.2, -0.15) is 13.2 Å². The van der Waals surface area contributed by atoms with Gasteiger partial charge in [-0.05, 0) is 0 Å². The van der Waals surface area contributed by atoms with E-state index >= 15 is 0 Å². The fraction of sp³-hybridized carbons (Fsp3) is 0.500. The number of nitrogens with one attached hydrogen (secondary N) is 1. The molecule has 54 valence electrons. The van der Waals surface area contributed by atoms with E-state index in [1.807, 2.05) is 5.43 Å². The molecule has 0 fully saturated rings. The monoisotopic (exact) mass is 140 g/mol. The molecule has 0 aliphatic rings. The first-order valence-electron chi connectivity index (χ1n) is 2.17.